The van der Waals surface area contributed by atoms with Gasteiger partial charge in [0, 0.05) is 13.1 Å². The molecule has 0 aliphatic carbocycles. The normalized spacial score (nSPS) is 23.7. The van der Waals surface area contributed by atoms with Crippen LogP contribution in [0.25, 0.3) is 11.2 Å². The number of imidazole rings is 1. The van der Waals surface area contributed by atoms with E-state index in [1.54, 1.807) is 6.33 Å². The van der Waals surface area contributed by atoms with E-state index in [1.165, 1.54) is 6.33 Å². The van der Waals surface area contributed by atoms with Crippen molar-refractivity contribution < 1.29 is 9.90 Å². The number of carboxylic acids is 1. The Morgan fingerprint density at radius 1 is 1.42 bits per heavy atom. The van der Waals surface area contributed by atoms with Crippen LogP contribution in [0.15, 0.2) is 12.7 Å². The number of hydrogen-bond donors (Lipinski definition) is 2. The minimum absolute atomic E-state index is 0.322. The molecular formula is C12H15N5O2. The summed E-state index contributed by atoms with van der Waals surface area (Å²) in [7, 11) is 0. The number of carboxylic acid groups (broad SMARTS) is 1. The van der Waals surface area contributed by atoms with Gasteiger partial charge >= 0.3 is 5.97 Å². The second-order valence-electron chi connectivity index (χ2n) is 5.08. The van der Waals surface area contributed by atoms with Crippen LogP contribution < -0.4 is 4.90 Å². The Morgan fingerprint density at radius 2 is 2.26 bits per heavy atom. The van der Waals surface area contributed by atoms with Crippen LogP contribution in [0.4, 0.5) is 5.82 Å². The van der Waals surface area contributed by atoms with Gasteiger partial charge < -0.3 is 15.0 Å². The summed E-state index contributed by atoms with van der Waals surface area (Å²) in [5.74, 6) is -0.0359. The lowest BCUT2D eigenvalue weighted by Crippen LogP contribution is -2.43. The summed E-state index contributed by atoms with van der Waals surface area (Å²) >= 11 is 0. The Hall–Kier alpha value is -2.18. The Balaban J connectivity index is 1.96. The second kappa shape index (κ2) is 4.49. The van der Waals surface area contributed by atoms with E-state index in [0.29, 0.717) is 24.5 Å². The molecule has 0 radical (unpaired) electrons. The van der Waals surface area contributed by atoms with Gasteiger partial charge in [-0.05, 0) is 12.3 Å². The molecule has 2 aromatic rings. The minimum atomic E-state index is -0.744. The van der Waals surface area contributed by atoms with Gasteiger partial charge in [0.15, 0.2) is 11.5 Å². The molecule has 0 aromatic carbocycles. The fourth-order valence-corrected chi connectivity index (χ4v) is 2.70. The van der Waals surface area contributed by atoms with Gasteiger partial charge in [0.1, 0.15) is 11.8 Å². The average molecular weight is 261 g/mol. The number of H-pyrrole nitrogens is 1. The molecule has 19 heavy (non-hydrogen) atoms. The average Bonchev–Trinajstić information content (AvgIpc) is 2.85. The van der Waals surface area contributed by atoms with Gasteiger partial charge in [-0.2, -0.15) is 0 Å². The van der Waals surface area contributed by atoms with Crippen molar-refractivity contribution in [1.82, 2.24) is 19.9 Å². The summed E-state index contributed by atoms with van der Waals surface area (Å²) in [6.45, 7) is 3.34. The molecule has 2 aromatic heterocycles. The zero-order valence-corrected chi connectivity index (χ0v) is 10.6. The van der Waals surface area contributed by atoms with Crippen LogP contribution >= 0.6 is 0 Å². The van der Waals surface area contributed by atoms with Gasteiger partial charge in [0.05, 0.1) is 12.2 Å². The molecule has 1 fully saturated rings. The number of nitrogens with zero attached hydrogens (tertiary/aromatic N) is 4. The molecule has 3 heterocycles. The van der Waals surface area contributed by atoms with Crippen molar-refractivity contribution in [3.8, 4) is 0 Å². The van der Waals surface area contributed by atoms with Gasteiger partial charge in [-0.3, -0.25) is 4.79 Å². The van der Waals surface area contributed by atoms with Crippen molar-refractivity contribution in [2.24, 2.45) is 11.8 Å². The first kappa shape index (κ1) is 11.9. The van der Waals surface area contributed by atoms with E-state index >= 15 is 0 Å². The molecule has 7 nitrogen and oxygen atoms in total. The number of carbonyl (C=O) groups is 1. The van der Waals surface area contributed by atoms with E-state index in [0.717, 1.165) is 17.9 Å². The van der Waals surface area contributed by atoms with Crippen LogP contribution in [0.1, 0.15) is 13.3 Å². The largest absolute Gasteiger partial charge is 0.481 e. The minimum Gasteiger partial charge on any atom is -0.481 e. The Labute approximate surface area is 109 Å². The number of anilines is 1. The maximum Gasteiger partial charge on any atom is 0.308 e. The fraction of sp³-hybridized carbons (Fsp3) is 0.500. The number of aromatic nitrogens is 4. The van der Waals surface area contributed by atoms with Gasteiger partial charge in [-0.25, -0.2) is 15.0 Å². The van der Waals surface area contributed by atoms with Crippen molar-refractivity contribution >= 4 is 23.0 Å². The predicted molar refractivity (Wildman–Crippen MR) is 68.8 cm³/mol. The third kappa shape index (κ3) is 2.11. The summed E-state index contributed by atoms with van der Waals surface area (Å²) < 4.78 is 0. The van der Waals surface area contributed by atoms with E-state index in [-0.39, 0.29) is 5.92 Å². The van der Waals surface area contributed by atoms with E-state index in [9.17, 15) is 9.90 Å². The fourth-order valence-electron chi connectivity index (χ4n) is 2.70. The molecule has 2 atom stereocenters. The summed E-state index contributed by atoms with van der Waals surface area (Å²) in [6, 6.07) is 0. The molecule has 0 saturated carbocycles. The number of piperidine rings is 1. The third-order valence-corrected chi connectivity index (χ3v) is 3.51. The summed E-state index contributed by atoms with van der Waals surface area (Å²) in [6.07, 6.45) is 3.75. The van der Waals surface area contributed by atoms with Crippen molar-refractivity contribution in [3.05, 3.63) is 12.7 Å². The van der Waals surface area contributed by atoms with Crippen LogP contribution in [0.2, 0.25) is 0 Å². The Kier molecular flexibility index (Phi) is 2.81. The number of hydrogen-bond acceptors (Lipinski definition) is 5. The molecule has 2 N–H and O–H groups in total. The molecule has 1 saturated heterocycles. The monoisotopic (exact) mass is 261 g/mol. The smallest absolute Gasteiger partial charge is 0.308 e. The second-order valence-corrected chi connectivity index (χ2v) is 5.08. The van der Waals surface area contributed by atoms with Crippen molar-refractivity contribution in [1.29, 1.82) is 0 Å². The summed E-state index contributed by atoms with van der Waals surface area (Å²) in [5, 5.41) is 9.21. The first-order chi connectivity index (χ1) is 9.15. The molecule has 0 spiro atoms. The molecule has 0 amide bonds. The molecule has 1 aliphatic rings. The van der Waals surface area contributed by atoms with Crippen LogP contribution in [0.3, 0.4) is 0 Å². The van der Waals surface area contributed by atoms with E-state index in [4.69, 9.17) is 0 Å². The van der Waals surface area contributed by atoms with Crippen LogP contribution in [0, 0.1) is 11.8 Å². The highest BCUT2D eigenvalue weighted by Crippen LogP contribution is 2.28. The van der Waals surface area contributed by atoms with Gasteiger partial charge in [-0.1, -0.05) is 6.92 Å². The number of aromatic amines is 1. The van der Waals surface area contributed by atoms with Crippen LogP contribution in [-0.2, 0) is 4.79 Å². The number of nitrogens with one attached hydrogen (secondary N) is 1. The van der Waals surface area contributed by atoms with E-state index in [2.05, 4.69) is 26.9 Å². The highest BCUT2D eigenvalue weighted by atomic mass is 16.4. The van der Waals surface area contributed by atoms with E-state index < -0.39 is 5.97 Å². The molecule has 2 unspecified atom stereocenters. The predicted octanol–water partition coefficient (Wildman–Crippen LogP) is 0.900. The van der Waals surface area contributed by atoms with Crippen LogP contribution in [-0.4, -0.2) is 44.1 Å². The van der Waals surface area contributed by atoms with Gasteiger partial charge in [-0.15, -0.1) is 0 Å². The maximum atomic E-state index is 11.2. The topological polar surface area (TPSA) is 95.0 Å². The van der Waals surface area contributed by atoms with Crippen molar-refractivity contribution in [2.75, 3.05) is 18.0 Å². The van der Waals surface area contributed by atoms with E-state index in [1.807, 2.05) is 4.90 Å². The molecule has 100 valence electrons. The molecular weight excluding hydrogens is 246 g/mol. The van der Waals surface area contributed by atoms with Crippen LogP contribution in [0.5, 0.6) is 0 Å². The third-order valence-electron chi connectivity index (χ3n) is 3.51. The lowest BCUT2D eigenvalue weighted by molar-refractivity contribution is -0.142. The number of fused-ring (bicyclic) bond motifs is 1. The first-order valence-corrected chi connectivity index (χ1v) is 6.27. The first-order valence-electron chi connectivity index (χ1n) is 6.27. The molecule has 1 aliphatic heterocycles. The van der Waals surface area contributed by atoms with Crippen molar-refractivity contribution in [2.45, 2.75) is 13.3 Å². The van der Waals surface area contributed by atoms with Gasteiger partial charge in [0.2, 0.25) is 0 Å². The Bertz CT molecular complexity index is 611. The lowest BCUT2D eigenvalue weighted by Gasteiger charge is -2.35. The highest BCUT2D eigenvalue weighted by Gasteiger charge is 2.31. The van der Waals surface area contributed by atoms with Gasteiger partial charge in [0.25, 0.3) is 0 Å². The lowest BCUT2D eigenvalue weighted by atomic mass is 9.90. The summed E-state index contributed by atoms with van der Waals surface area (Å²) in [4.78, 5) is 28.7. The molecule has 0 bridgehead atoms. The molecule has 3 rings (SSSR count). The van der Waals surface area contributed by atoms with Crippen molar-refractivity contribution in [3.63, 3.8) is 0 Å². The Morgan fingerprint density at radius 3 is 3.05 bits per heavy atom. The SMILES string of the molecule is CC1CC(C(=O)O)CN(c2ncnc3nc[nH]c23)C1. The zero-order valence-electron chi connectivity index (χ0n) is 10.6. The zero-order chi connectivity index (χ0) is 13.4. The summed E-state index contributed by atoms with van der Waals surface area (Å²) in [5.41, 5.74) is 1.37. The quantitative estimate of drug-likeness (QED) is 0.834. The maximum absolute atomic E-state index is 11.2. The standard InChI is InChI=1S/C12H15N5O2/c1-7-2-8(12(18)19)4-17(3-7)11-9-10(14-5-13-9)15-6-16-11/h5-8H,2-4H2,1H3,(H,18,19)(H,13,14,15,16). The number of aliphatic carboxylic acids is 1. The number of rotatable bonds is 2. The molecule has 7 heteroatoms. The highest BCUT2D eigenvalue weighted by molar-refractivity contribution is 5.83.